The molecule has 1 N–H and O–H groups in total. The second kappa shape index (κ2) is 12.1. The van der Waals surface area contributed by atoms with Crippen molar-refractivity contribution in [3.63, 3.8) is 0 Å². The molecule has 0 atom stereocenters. The Hall–Kier alpha value is -2.78. The first kappa shape index (κ1) is 25.8. The summed E-state index contributed by atoms with van der Waals surface area (Å²) in [6.07, 6.45) is 1.59. The molecule has 0 aliphatic carbocycles. The van der Waals surface area contributed by atoms with Crippen LogP contribution in [0.4, 0.5) is 22.2 Å². The van der Waals surface area contributed by atoms with E-state index in [1.165, 1.54) is 4.90 Å². The van der Waals surface area contributed by atoms with E-state index in [1.54, 1.807) is 62.9 Å². The van der Waals surface area contributed by atoms with Crippen molar-refractivity contribution in [2.75, 3.05) is 44.2 Å². The van der Waals surface area contributed by atoms with Gasteiger partial charge in [0.15, 0.2) is 0 Å². The van der Waals surface area contributed by atoms with Crippen LogP contribution in [-0.2, 0) is 11.3 Å². The topological polar surface area (TPSA) is 79.8 Å². The van der Waals surface area contributed by atoms with Gasteiger partial charge in [-0.3, -0.25) is 0 Å². The molecule has 1 aromatic heterocycles. The van der Waals surface area contributed by atoms with E-state index >= 15 is 0 Å². The number of ether oxygens (including phenoxy) is 2. The Morgan fingerprint density at radius 2 is 1.74 bits per heavy atom. The molecule has 0 aliphatic rings. The Morgan fingerprint density at radius 3 is 2.41 bits per heavy atom. The summed E-state index contributed by atoms with van der Waals surface area (Å²) in [7, 11) is 5.04. The molecule has 3 aromatic rings. The van der Waals surface area contributed by atoms with Gasteiger partial charge in [0, 0.05) is 50.1 Å². The van der Waals surface area contributed by atoms with Crippen molar-refractivity contribution in [1.82, 2.24) is 15.3 Å². The average Bonchev–Trinajstić information content (AvgIpc) is 2.85. The molecule has 180 valence electrons. The van der Waals surface area contributed by atoms with Crippen LogP contribution in [-0.4, -0.2) is 50.4 Å². The number of benzene rings is 2. The largest absolute Gasteiger partial charge is 0.497 e. The molecule has 0 saturated heterocycles. The van der Waals surface area contributed by atoms with Gasteiger partial charge >= 0.3 is 6.03 Å². The monoisotopic (exact) mass is 523 g/mol. The van der Waals surface area contributed by atoms with E-state index < -0.39 is 6.03 Å². The fraction of sp³-hybridized carbons (Fsp3) is 0.261. The number of nitrogens with one attached hydrogen (secondary N) is 1. The predicted molar refractivity (Wildman–Crippen MR) is 136 cm³/mol. The Kier molecular flexibility index (Phi) is 9.18. The Labute approximate surface area is 213 Å². The smallest absolute Gasteiger partial charge is 0.327 e. The number of likely N-dealkylation sites (N-methyl/N-ethyl adjacent to an activating group) is 1. The lowest BCUT2D eigenvalue weighted by Crippen LogP contribution is -2.37. The SMILES string of the molecule is COCCN(C)c1nccc(N(C(=O)NCc2c(Cl)ccc(Cl)c2Cl)c2ccc(OC)cc2)n1. The number of hydrogen-bond acceptors (Lipinski definition) is 6. The normalized spacial score (nSPS) is 10.6. The molecule has 0 spiro atoms. The summed E-state index contributed by atoms with van der Waals surface area (Å²) in [5.74, 6) is 1.48. The number of halogens is 3. The summed E-state index contributed by atoms with van der Waals surface area (Å²) in [6.45, 7) is 1.16. The highest BCUT2D eigenvalue weighted by Crippen LogP contribution is 2.32. The first-order valence-corrected chi connectivity index (χ1v) is 11.4. The lowest BCUT2D eigenvalue weighted by Gasteiger charge is -2.24. The van der Waals surface area contributed by atoms with Gasteiger partial charge in [0.05, 0.1) is 29.4 Å². The van der Waals surface area contributed by atoms with Crippen molar-refractivity contribution in [1.29, 1.82) is 0 Å². The molecule has 0 fully saturated rings. The lowest BCUT2D eigenvalue weighted by atomic mass is 10.2. The van der Waals surface area contributed by atoms with Gasteiger partial charge in [-0.15, -0.1) is 0 Å². The van der Waals surface area contributed by atoms with Crippen molar-refractivity contribution in [3.05, 3.63) is 69.3 Å². The van der Waals surface area contributed by atoms with Gasteiger partial charge in [-0.1, -0.05) is 34.8 Å². The first-order valence-electron chi connectivity index (χ1n) is 10.2. The number of aromatic nitrogens is 2. The van der Waals surface area contributed by atoms with Gasteiger partial charge in [0.2, 0.25) is 5.95 Å². The number of urea groups is 1. The zero-order chi connectivity index (χ0) is 24.7. The fourth-order valence-electron chi connectivity index (χ4n) is 3.03. The van der Waals surface area contributed by atoms with Crippen LogP contribution in [0.2, 0.25) is 15.1 Å². The van der Waals surface area contributed by atoms with E-state index in [2.05, 4.69) is 15.3 Å². The molecule has 0 radical (unpaired) electrons. The molecule has 2 aromatic carbocycles. The van der Waals surface area contributed by atoms with Gasteiger partial charge < -0.3 is 19.7 Å². The van der Waals surface area contributed by atoms with E-state index in [9.17, 15) is 4.79 Å². The second-order valence-electron chi connectivity index (χ2n) is 7.14. The zero-order valence-corrected chi connectivity index (χ0v) is 21.2. The molecule has 3 rings (SSSR count). The number of rotatable bonds is 9. The van der Waals surface area contributed by atoms with Crippen molar-refractivity contribution in [2.45, 2.75) is 6.54 Å². The van der Waals surface area contributed by atoms with E-state index in [0.717, 1.165) is 0 Å². The van der Waals surface area contributed by atoms with Crippen LogP contribution in [0, 0.1) is 0 Å². The molecule has 2 amide bonds. The molecule has 0 aliphatic heterocycles. The van der Waals surface area contributed by atoms with Crippen molar-refractivity contribution >= 4 is 58.3 Å². The Bertz CT molecular complexity index is 1130. The summed E-state index contributed by atoms with van der Waals surface area (Å²) >= 11 is 18.7. The van der Waals surface area contributed by atoms with E-state index in [0.29, 0.717) is 52.0 Å². The van der Waals surface area contributed by atoms with E-state index in [1.807, 2.05) is 11.9 Å². The summed E-state index contributed by atoms with van der Waals surface area (Å²) in [5.41, 5.74) is 1.09. The number of methoxy groups -OCH3 is 2. The third kappa shape index (κ3) is 6.21. The summed E-state index contributed by atoms with van der Waals surface area (Å²) in [4.78, 5) is 25.6. The van der Waals surface area contributed by atoms with Gasteiger partial charge in [0.25, 0.3) is 0 Å². The highest BCUT2D eigenvalue weighted by molar-refractivity contribution is 6.44. The maximum Gasteiger partial charge on any atom is 0.327 e. The van der Waals surface area contributed by atoms with Crippen molar-refractivity contribution < 1.29 is 14.3 Å². The molecule has 0 bridgehead atoms. The van der Waals surface area contributed by atoms with Crippen LogP contribution in [0.15, 0.2) is 48.7 Å². The third-order valence-corrected chi connectivity index (χ3v) is 6.12. The van der Waals surface area contributed by atoms with E-state index in [4.69, 9.17) is 44.3 Å². The summed E-state index contributed by atoms with van der Waals surface area (Å²) in [5, 5.41) is 3.88. The van der Waals surface area contributed by atoms with Crippen LogP contribution in [0.1, 0.15) is 5.56 Å². The Morgan fingerprint density at radius 1 is 1.03 bits per heavy atom. The van der Waals surface area contributed by atoms with E-state index in [-0.39, 0.29) is 11.6 Å². The molecule has 1 heterocycles. The maximum atomic E-state index is 13.4. The molecule has 0 unspecified atom stereocenters. The maximum absolute atomic E-state index is 13.4. The number of carbonyl (C=O) groups excluding carboxylic acids is 1. The van der Waals surface area contributed by atoms with Crippen LogP contribution in [0.5, 0.6) is 5.75 Å². The van der Waals surface area contributed by atoms with Gasteiger partial charge in [-0.05, 0) is 36.4 Å². The number of nitrogens with zero attached hydrogens (tertiary/aromatic N) is 4. The first-order chi connectivity index (χ1) is 16.3. The number of amides is 2. The minimum absolute atomic E-state index is 0.0649. The van der Waals surface area contributed by atoms with Crippen LogP contribution in [0.25, 0.3) is 0 Å². The van der Waals surface area contributed by atoms with Crippen molar-refractivity contribution in [2.24, 2.45) is 0 Å². The van der Waals surface area contributed by atoms with Crippen LogP contribution >= 0.6 is 34.8 Å². The Balaban J connectivity index is 1.93. The number of carbonyl (C=O) groups is 1. The quantitative estimate of drug-likeness (QED) is 0.368. The lowest BCUT2D eigenvalue weighted by molar-refractivity contribution is 0.206. The zero-order valence-electron chi connectivity index (χ0n) is 18.9. The van der Waals surface area contributed by atoms with Crippen LogP contribution < -0.4 is 19.9 Å². The third-order valence-electron chi connectivity index (χ3n) is 4.92. The van der Waals surface area contributed by atoms with Gasteiger partial charge in [-0.2, -0.15) is 4.98 Å². The summed E-state index contributed by atoms with van der Waals surface area (Å²) < 4.78 is 10.4. The number of anilines is 3. The molecule has 11 heteroatoms. The summed E-state index contributed by atoms with van der Waals surface area (Å²) in [6, 6.07) is 11.5. The minimum atomic E-state index is -0.443. The molecule has 0 saturated carbocycles. The molecule has 8 nitrogen and oxygen atoms in total. The van der Waals surface area contributed by atoms with Gasteiger partial charge in [-0.25, -0.2) is 14.7 Å². The molecular formula is C23H24Cl3N5O3. The van der Waals surface area contributed by atoms with Crippen LogP contribution in [0.3, 0.4) is 0 Å². The molecular weight excluding hydrogens is 501 g/mol. The average molecular weight is 525 g/mol. The highest BCUT2D eigenvalue weighted by Gasteiger charge is 2.22. The molecule has 34 heavy (non-hydrogen) atoms. The number of hydrogen-bond donors (Lipinski definition) is 1. The standard InChI is InChI=1S/C23H24Cl3N5O3/c1-30(12-13-33-2)22-27-11-10-20(29-22)31(15-4-6-16(34-3)7-5-15)23(32)28-14-17-18(24)8-9-19(25)21(17)26/h4-11H,12-14H2,1-3H3,(H,28,32). The fourth-order valence-corrected chi connectivity index (χ4v) is 3.72. The second-order valence-corrected chi connectivity index (χ2v) is 8.34. The van der Waals surface area contributed by atoms with Gasteiger partial charge in [0.1, 0.15) is 11.6 Å². The predicted octanol–water partition coefficient (Wildman–Crippen LogP) is 5.58. The van der Waals surface area contributed by atoms with Crippen molar-refractivity contribution in [3.8, 4) is 5.75 Å². The minimum Gasteiger partial charge on any atom is -0.497 e. The highest BCUT2D eigenvalue weighted by atomic mass is 35.5.